The molecule has 0 saturated heterocycles. The molecule has 4 nitrogen and oxygen atoms in total. The second-order valence-electron chi connectivity index (χ2n) is 6.31. The van der Waals surface area contributed by atoms with Crippen molar-refractivity contribution in [3.8, 4) is 11.5 Å². The molecule has 134 valence electrons. The Morgan fingerprint density at radius 2 is 1.84 bits per heavy atom. The van der Waals surface area contributed by atoms with Crippen molar-refractivity contribution >= 4 is 23.2 Å². The fraction of sp³-hybridized carbons (Fsp3) is 0.350. The molecule has 0 aliphatic carbocycles. The summed E-state index contributed by atoms with van der Waals surface area (Å²) in [4.78, 5) is 12.0. The molecule has 0 aromatic heterocycles. The average molecular weight is 362 g/mol. The van der Waals surface area contributed by atoms with E-state index in [0.717, 1.165) is 17.7 Å². The zero-order chi connectivity index (χ0) is 18.2. The second-order valence-corrected chi connectivity index (χ2v) is 6.71. The highest BCUT2D eigenvalue weighted by atomic mass is 35.5. The molecule has 0 heterocycles. The first kappa shape index (κ1) is 19.1. The first-order valence-corrected chi connectivity index (χ1v) is 8.73. The van der Waals surface area contributed by atoms with Gasteiger partial charge in [-0.1, -0.05) is 37.6 Å². The van der Waals surface area contributed by atoms with Gasteiger partial charge in [0.2, 0.25) is 0 Å². The number of hydrogen-bond donors (Lipinski definition) is 1. The number of carbonyl (C=O) groups excluding carboxylic acids is 1. The Balaban J connectivity index is 1.83. The van der Waals surface area contributed by atoms with Gasteiger partial charge in [-0.05, 0) is 49.1 Å². The Kier molecular flexibility index (Phi) is 7.14. The van der Waals surface area contributed by atoms with Crippen LogP contribution in [0.2, 0.25) is 5.02 Å². The van der Waals surface area contributed by atoms with Gasteiger partial charge in [-0.15, -0.1) is 0 Å². The quantitative estimate of drug-likeness (QED) is 0.712. The number of benzene rings is 2. The molecule has 1 amide bonds. The van der Waals surface area contributed by atoms with Crippen LogP contribution in [0.1, 0.15) is 25.8 Å². The maximum absolute atomic E-state index is 12.0. The summed E-state index contributed by atoms with van der Waals surface area (Å²) in [5.74, 6) is 1.69. The molecule has 0 aliphatic rings. The summed E-state index contributed by atoms with van der Waals surface area (Å²) in [7, 11) is 0. The summed E-state index contributed by atoms with van der Waals surface area (Å²) in [5.41, 5.74) is 1.61. The van der Waals surface area contributed by atoms with Crippen LogP contribution in [-0.2, 0) is 4.79 Å². The molecule has 1 N–H and O–H groups in total. The number of carbonyl (C=O) groups is 1. The minimum atomic E-state index is -0.244. The smallest absolute Gasteiger partial charge is 0.262 e. The molecule has 25 heavy (non-hydrogen) atoms. The van der Waals surface area contributed by atoms with Crippen LogP contribution in [0.3, 0.4) is 0 Å². The molecule has 0 aliphatic heterocycles. The molecule has 0 unspecified atom stereocenters. The lowest BCUT2D eigenvalue weighted by Gasteiger charge is -2.11. The van der Waals surface area contributed by atoms with Crippen molar-refractivity contribution in [1.29, 1.82) is 0 Å². The van der Waals surface area contributed by atoms with Crippen molar-refractivity contribution in [2.24, 2.45) is 5.92 Å². The Bertz CT molecular complexity index is 716. The van der Waals surface area contributed by atoms with Crippen molar-refractivity contribution in [3.63, 3.8) is 0 Å². The van der Waals surface area contributed by atoms with Crippen molar-refractivity contribution in [1.82, 2.24) is 0 Å². The normalized spacial score (nSPS) is 10.6. The van der Waals surface area contributed by atoms with E-state index in [-0.39, 0.29) is 12.5 Å². The predicted molar refractivity (Wildman–Crippen MR) is 102 cm³/mol. The van der Waals surface area contributed by atoms with Crippen LogP contribution in [-0.4, -0.2) is 19.1 Å². The highest BCUT2D eigenvalue weighted by molar-refractivity contribution is 6.31. The van der Waals surface area contributed by atoms with Crippen LogP contribution in [0.4, 0.5) is 5.69 Å². The van der Waals surface area contributed by atoms with Crippen LogP contribution < -0.4 is 14.8 Å². The first-order valence-electron chi connectivity index (χ1n) is 8.35. The van der Waals surface area contributed by atoms with Gasteiger partial charge in [0.05, 0.1) is 6.61 Å². The lowest BCUT2D eigenvalue weighted by Crippen LogP contribution is -2.20. The van der Waals surface area contributed by atoms with Crippen LogP contribution >= 0.6 is 11.6 Å². The Labute approximate surface area is 154 Å². The molecular weight excluding hydrogens is 338 g/mol. The number of rotatable bonds is 8. The van der Waals surface area contributed by atoms with E-state index >= 15 is 0 Å². The third-order valence-corrected chi connectivity index (χ3v) is 4.00. The number of halogens is 1. The summed E-state index contributed by atoms with van der Waals surface area (Å²) >= 11 is 6.05. The third kappa shape index (κ3) is 6.67. The lowest BCUT2D eigenvalue weighted by atomic mass is 10.1. The van der Waals surface area contributed by atoms with Gasteiger partial charge < -0.3 is 14.8 Å². The number of anilines is 1. The van der Waals surface area contributed by atoms with Crippen LogP contribution in [0.15, 0.2) is 42.5 Å². The molecule has 5 heteroatoms. The van der Waals surface area contributed by atoms with E-state index < -0.39 is 0 Å². The predicted octanol–water partition coefficient (Wildman–Crippen LogP) is 5.09. The van der Waals surface area contributed by atoms with Crippen LogP contribution in [0.25, 0.3) is 0 Å². The van der Waals surface area contributed by atoms with Gasteiger partial charge in [0.1, 0.15) is 11.5 Å². The molecule has 2 rings (SSSR count). The lowest BCUT2D eigenvalue weighted by molar-refractivity contribution is -0.118. The summed E-state index contributed by atoms with van der Waals surface area (Å²) < 4.78 is 11.2. The minimum Gasteiger partial charge on any atom is -0.493 e. The van der Waals surface area contributed by atoms with Crippen molar-refractivity contribution in [2.75, 3.05) is 18.5 Å². The van der Waals surface area contributed by atoms with Crippen LogP contribution in [0, 0.1) is 12.8 Å². The van der Waals surface area contributed by atoms with Crippen molar-refractivity contribution < 1.29 is 14.3 Å². The molecule has 2 aromatic carbocycles. The summed E-state index contributed by atoms with van der Waals surface area (Å²) in [6, 6.07) is 12.7. The molecule has 0 bridgehead atoms. The molecule has 0 radical (unpaired) electrons. The largest absolute Gasteiger partial charge is 0.493 e. The SMILES string of the molecule is Cc1ccc(NC(=O)COc2cccc(OCCC(C)C)c2)cc1Cl. The molecular formula is C20H24ClNO3. The average Bonchev–Trinajstić information content (AvgIpc) is 2.56. The maximum atomic E-state index is 12.0. The molecule has 2 aromatic rings. The number of amides is 1. The van der Waals surface area contributed by atoms with E-state index in [1.165, 1.54) is 0 Å². The Hall–Kier alpha value is -2.20. The first-order chi connectivity index (χ1) is 11.9. The van der Waals surface area contributed by atoms with Gasteiger partial charge in [0, 0.05) is 16.8 Å². The summed E-state index contributed by atoms with van der Waals surface area (Å²) in [6.07, 6.45) is 0.993. The van der Waals surface area contributed by atoms with E-state index in [4.69, 9.17) is 21.1 Å². The van der Waals surface area contributed by atoms with Gasteiger partial charge in [-0.25, -0.2) is 0 Å². The van der Waals surface area contributed by atoms with E-state index in [9.17, 15) is 4.79 Å². The minimum absolute atomic E-state index is 0.0824. The zero-order valence-corrected chi connectivity index (χ0v) is 15.6. The fourth-order valence-corrected chi connectivity index (χ4v) is 2.26. The number of ether oxygens (including phenoxy) is 2. The van der Waals surface area contributed by atoms with Gasteiger partial charge >= 0.3 is 0 Å². The topological polar surface area (TPSA) is 47.6 Å². The van der Waals surface area contributed by atoms with Gasteiger partial charge in [0.25, 0.3) is 5.91 Å². The summed E-state index contributed by atoms with van der Waals surface area (Å²) in [6.45, 7) is 6.80. The monoisotopic (exact) mass is 361 g/mol. The van der Waals surface area contributed by atoms with E-state index in [1.54, 1.807) is 18.2 Å². The van der Waals surface area contributed by atoms with Crippen LogP contribution in [0.5, 0.6) is 11.5 Å². The third-order valence-electron chi connectivity index (χ3n) is 3.59. The van der Waals surface area contributed by atoms with E-state index in [1.807, 2.05) is 31.2 Å². The summed E-state index contributed by atoms with van der Waals surface area (Å²) in [5, 5.41) is 3.38. The Morgan fingerprint density at radius 1 is 1.12 bits per heavy atom. The number of nitrogens with one attached hydrogen (secondary N) is 1. The second kappa shape index (κ2) is 9.33. The standard InChI is InChI=1S/C20H24ClNO3/c1-14(2)9-10-24-17-5-4-6-18(12-17)25-13-20(23)22-16-8-7-15(3)19(21)11-16/h4-8,11-12,14H,9-10,13H2,1-3H3,(H,22,23). The zero-order valence-electron chi connectivity index (χ0n) is 14.8. The highest BCUT2D eigenvalue weighted by Crippen LogP contribution is 2.21. The van der Waals surface area contributed by atoms with Crippen molar-refractivity contribution in [2.45, 2.75) is 27.2 Å². The van der Waals surface area contributed by atoms with Gasteiger partial charge in [-0.3, -0.25) is 4.79 Å². The van der Waals surface area contributed by atoms with E-state index in [0.29, 0.717) is 29.0 Å². The van der Waals surface area contributed by atoms with E-state index in [2.05, 4.69) is 19.2 Å². The molecule has 0 spiro atoms. The fourth-order valence-electron chi connectivity index (χ4n) is 2.08. The molecule has 0 fully saturated rings. The Morgan fingerprint density at radius 3 is 2.52 bits per heavy atom. The van der Waals surface area contributed by atoms with Gasteiger partial charge in [-0.2, -0.15) is 0 Å². The maximum Gasteiger partial charge on any atom is 0.262 e. The number of hydrogen-bond acceptors (Lipinski definition) is 3. The number of aryl methyl sites for hydroxylation is 1. The highest BCUT2D eigenvalue weighted by Gasteiger charge is 2.06. The molecule has 0 saturated carbocycles. The van der Waals surface area contributed by atoms with Crippen molar-refractivity contribution in [3.05, 3.63) is 53.1 Å². The molecule has 0 atom stereocenters. The van der Waals surface area contributed by atoms with Gasteiger partial charge in [0.15, 0.2) is 6.61 Å².